The molecule has 4 nitrogen and oxygen atoms in total. The van der Waals surface area contributed by atoms with Crippen LogP contribution in [0, 0.1) is 20.8 Å². The normalized spacial score (nSPS) is 11.2. The van der Waals surface area contributed by atoms with Gasteiger partial charge >= 0.3 is 0 Å². The van der Waals surface area contributed by atoms with Crippen molar-refractivity contribution < 1.29 is 4.79 Å². The third-order valence-electron chi connectivity index (χ3n) is 4.14. The van der Waals surface area contributed by atoms with Crippen LogP contribution in [0.5, 0.6) is 0 Å². The number of fused-ring (bicyclic) bond motifs is 1. The van der Waals surface area contributed by atoms with Gasteiger partial charge in [-0.1, -0.05) is 17.8 Å². The summed E-state index contributed by atoms with van der Waals surface area (Å²) in [5.74, 6) is 0.321. The molecule has 124 valence electrons. The number of rotatable bonds is 4. The van der Waals surface area contributed by atoms with Gasteiger partial charge in [0.2, 0.25) is 0 Å². The first-order valence-electron chi connectivity index (χ1n) is 7.56. The van der Waals surface area contributed by atoms with E-state index in [1.807, 2.05) is 38.3 Å². The SMILES string of the molecule is Cc1cc(C)c(C(=O)CSc2nc3sccc3c(=O)n2C)cc1C. The van der Waals surface area contributed by atoms with E-state index in [0.717, 1.165) is 21.5 Å². The van der Waals surface area contributed by atoms with Crippen LogP contribution in [0.1, 0.15) is 27.0 Å². The molecule has 6 heteroatoms. The summed E-state index contributed by atoms with van der Waals surface area (Å²) in [4.78, 5) is 30.1. The highest BCUT2D eigenvalue weighted by molar-refractivity contribution is 7.99. The molecule has 0 fully saturated rings. The summed E-state index contributed by atoms with van der Waals surface area (Å²) in [6, 6.07) is 5.77. The van der Waals surface area contributed by atoms with Crippen LogP contribution in [-0.4, -0.2) is 21.1 Å². The molecule has 2 heterocycles. The second-order valence-electron chi connectivity index (χ2n) is 5.86. The lowest BCUT2D eigenvalue weighted by molar-refractivity contribution is 0.102. The van der Waals surface area contributed by atoms with Gasteiger partial charge < -0.3 is 0 Å². The van der Waals surface area contributed by atoms with Crippen molar-refractivity contribution in [2.24, 2.45) is 7.05 Å². The summed E-state index contributed by atoms with van der Waals surface area (Å²) in [6.07, 6.45) is 0. The van der Waals surface area contributed by atoms with Crippen molar-refractivity contribution in [2.75, 3.05) is 5.75 Å². The third kappa shape index (κ3) is 3.03. The lowest BCUT2D eigenvalue weighted by atomic mass is 9.99. The topological polar surface area (TPSA) is 52.0 Å². The van der Waals surface area contributed by atoms with Gasteiger partial charge in [-0.3, -0.25) is 14.2 Å². The molecule has 1 aromatic carbocycles. The van der Waals surface area contributed by atoms with Gasteiger partial charge in [0, 0.05) is 12.6 Å². The summed E-state index contributed by atoms with van der Waals surface area (Å²) in [6.45, 7) is 6.01. The van der Waals surface area contributed by atoms with E-state index in [2.05, 4.69) is 4.98 Å². The number of thioether (sulfide) groups is 1. The molecule has 0 unspecified atom stereocenters. The zero-order valence-corrected chi connectivity index (χ0v) is 15.7. The minimum absolute atomic E-state index is 0.0566. The molecule has 0 bridgehead atoms. The molecule has 0 aliphatic rings. The molecule has 0 aliphatic heterocycles. The monoisotopic (exact) mass is 358 g/mol. The first kappa shape index (κ1) is 16.9. The van der Waals surface area contributed by atoms with E-state index in [1.165, 1.54) is 33.2 Å². The van der Waals surface area contributed by atoms with Crippen LogP contribution in [0.15, 0.2) is 33.5 Å². The number of ketones is 1. The number of hydrogen-bond acceptors (Lipinski definition) is 5. The van der Waals surface area contributed by atoms with Gasteiger partial charge in [0.25, 0.3) is 5.56 Å². The molecule has 0 atom stereocenters. The Kier molecular flexibility index (Phi) is 4.60. The Hall–Kier alpha value is -1.92. The van der Waals surface area contributed by atoms with Crippen LogP contribution >= 0.6 is 23.1 Å². The Morgan fingerprint density at radius 1 is 1.21 bits per heavy atom. The highest BCUT2D eigenvalue weighted by atomic mass is 32.2. The summed E-state index contributed by atoms with van der Waals surface area (Å²) in [7, 11) is 1.69. The smallest absolute Gasteiger partial charge is 0.262 e. The van der Waals surface area contributed by atoms with Crippen LogP contribution in [0.3, 0.4) is 0 Å². The zero-order chi connectivity index (χ0) is 17.4. The van der Waals surface area contributed by atoms with Crippen molar-refractivity contribution in [3.05, 3.63) is 56.2 Å². The fraction of sp³-hybridized carbons (Fsp3) is 0.278. The average molecular weight is 358 g/mol. The van der Waals surface area contributed by atoms with Crippen molar-refractivity contribution in [1.29, 1.82) is 0 Å². The molecule has 0 saturated heterocycles. The Morgan fingerprint density at radius 2 is 1.92 bits per heavy atom. The first-order chi connectivity index (χ1) is 11.4. The predicted octanol–water partition coefficient (Wildman–Crippen LogP) is 3.90. The Morgan fingerprint density at radius 3 is 2.67 bits per heavy atom. The van der Waals surface area contributed by atoms with Crippen molar-refractivity contribution in [1.82, 2.24) is 9.55 Å². The van der Waals surface area contributed by atoms with Gasteiger partial charge in [0.05, 0.1) is 11.1 Å². The fourth-order valence-electron chi connectivity index (χ4n) is 2.58. The average Bonchev–Trinajstić information content (AvgIpc) is 3.01. The van der Waals surface area contributed by atoms with E-state index in [9.17, 15) is 9.59 Å². The number of benzene rings is 1. The summed E-state index contributed by atoms with van der Waals surface area (Å²) in [5.41, 5.74) is 3.95. The van der Waals surface area contributed by atoms with Crippen LogP contribution in [-0.2, 0) is 7.05 Å². The van der Waals surface area contributed by atoms with Crippen molar-refractivity contribution in [2.45, 2.75) is 25.9 Å². The van der Waals surface area contributed by atoms with Gasteiger partial charge in [-0.2, -0.15) is 0 Å². The molecular formula is C18H18N2O2S2. The van der Waals surface area contributed by atoms with Gasteiger partial charge in [-0.15, -0.1) is 11.3 Å². The van der Waals surface area contributed by atoms with E-state index in [1.54, 1.807) is 13.1 Å². The molecule has 0 saturated carbocycles. The van der Waals surface area contributed by atoms with E-state index in [0.29, 0.717) is 10.5 Å². The standard InChI is InChI=1S/C18H18N2O2S2/c1-10-7-12(3)14(8-11(10)2)15(21)9-24-18-19-16-13(5-6-23-16)17(22)20(18)4/h5-8H,9H2,1-4H3. The minimum atomic E-state index is -0.0708. The number of aromatic nitrogens is 2. The van der Waals surface area contributed by atoms with Crippen molar-refractivity contribution in [3.63, 3.8) is 0 Å². The van der Waals surface area contributed by atoms with Gasteiger partial charge in [0.15, 0.2) is 10.9 Å². The minimum Gasteiger partial charge on any atom is -0.293 e. The van der Waals surface area contributed by atoms with Crippen LogP contribution in [0.2, 0.25) is 0 Å². The Balaban J connectivity index is 1.86. The van der Waals surface area contributed by atoms with E-state index in [4.69, 9.17) is 0 Å². The Bertz CT molecular complexity index is 1000. The van der Waals surface area contributed by atoms with E-state index in [-0.39, 0.29) is 17.1 Å². The number of carbonyl (C=O) groups is 1. The quantitative estimate of drug-likeness (QED) is 0.403. The van der Waals surface area contributed by atoms with Crippen molar-refractivity contribution in [3.8, 4) is 0 Å². The number of aryl methyl sites for hydroxylation is 3. The third-order valence-corrected chi connectivity index (χ3v) is 5.97. The van der Waals surface area contributed by atoms with Crippen LogP contribution in [0.4, 0.5) is 0 Å². The number of carbonyl (C=O) groups excluding carboxylic acids is 1. The first-order valence-corrected chi connectivity index (χ1v) is 9.43. The van der Waals surface area contributed by atoms with E-state index < -0.39 is 0 Å². The molecule has 3 aromatic rings. The summed E-state index contributed by atoms with van der Waals surface area (Å²) < 4.78 is 1.51. The van der Waals surface area contributed by atoms with Gasteiger partial charge in [0.1, 0.15) is 4.83 Å². The number of Topliss-reactive ketones (excluding diaryl/α,β-unsaturated/α-hetero) is 1. The highest BCUT2D eigenvalue weighted by Crippen LogP contribution is 2.23. The second kappa shape index (κ2) is 6.53. The largest absolute Gasteiger partial charge is 0.293 e. The molecule has 0 spiro atoms. The van der Waals surface area contributed by atoms with Crippen LogP contribution in [0.25, 0.3) is 10.2 Å². The van der Waals surface area contributed by atoms with Gasteiger partial charge in [-0.25, -0.2) is 4.98 Å². The summed E-state index contributed by atoms with van der Waals surface area (Å²) in [5, 5.41) is 3.06. The lowest BCUT2D eigenvalue weighted by Crippen LogP contribution is -2.19. The van der Waals surface area contributed by atoms with Gasteiger partial charge in [-0.05, 0) is 55.0 Å². The number of hydrogen-bond donors (Lipinski definition) is 0. The molecule has 2 aromatic heterocycles. The maximum atomic E-state index is 12.6. The Labute approximate surface area is 148 Å². The van der Waals surface area contributed by atoms with Crippen LogP contribution < -0.4 is 5.56 Å². The maximum Gasteiger partial charge on any atom is 0.262 e. The second-order valence-corrected chi connectivity index (χ2v) is 7.70. The highest BCUT2D eigenvalue weighted by Gasteiger charge is 2.14. The molecular weight excluding hydrogens is 340 g/mol. The summed E-state index contributed by atoms with van der Waals surface area (Å²) >= 11 is 2.75. The van der Waals surface area contributed by atoms with E-state index >= 15 is 0 Å². The predicted molar refractivity (Wildman–Crippen MR) is 101 cm³/mol. The molecule has 3 rings (SSSR count). The van der Waals surface area contributed by atoms with Crippen molar-refractivity contribution >= 4 is 39.1 Å². The maximum absolute atomic E-state index is 12.6. The molecule has 0 radical (unpaired) electrons. The molecule has 0 aliphatic carbocycles. The lowest BCUT2D eigenvalue weighted by Gasteiger charge is -2.10. The fourth-order valence-corrected chi connectivity index (χ4v) is 4.24. The molecule has 24 heavy (non-hydrogen) atoms. The zero-order valence-electron chi connectivity index (χ0n) is 14.0. The number of thiophene rings is 1. The molecule has 0 amide bonds. The number of nitrogens with zero attached hydrogens (tertiary/aromatic N) is 2. The molecule has 0 N–H and O–H groups in total.